The second-order valence-electron chi connectivity index (χ2n) is 6.31. The summed E-state index contributed by atoms with van der Waals surface area (Å²) in [7, 11) is 0. The number of rotatable bonds is 7. The van der Waals surface area contributed by atoms with Gasteiger partial charge >= 0.3 is 5.97 Å². The quantitative estimate of drug-likeness (QED) is 0.698. The van der Waals surface area contributed by atoms with Gasteiger partial charge in [0, 0.05) is 19.3 Å². The summed E-state index contributed by atoms with van der Waals surface area (Å²) in [6.07, 6.45) is 1.39. The second kappa shape index (κ2) is 8.31. The van der Waals surface area contributed by atoms with Crippen molar-refractivity contribution in [1.29, 1.82) is 0 Å². The highest BCUT2D eigenvalue weighted by Gasteiger charge is 2.26. The second-order valence-corrected chi connectivity index (χ2v) is 6.31. The van der Waals surface area contributed by atoms with E-state index < -0.39 is 12.0 Å². The van der Waals surface area contributed by atoms with Gasteiger partial charge in [-0.3, -0.25) is 4.79 Å². The van der Waals surface area contributed by atoms with Crippen LogP contribution in [0.3, 0.4) is 0 Å². The molecule has 0 fully saturated rings. The lowest BCUT2D eigenvalue weighted by Crippen LogP contribution is -2.36. The van der Waals surface area contributed by atoms with Crippen LogP contribution in [0.1, 0.15) is 34.6 Å². The molecule has 0 aliphatic carbocycles. The number of carboxylic acids is 1. The number of carbonyl (C=O) groups is 2. The van der Waals surface area contributed by atoms with Crippen LogP contribution < -0.4 is 0 Å². The van der Waals surface area contributed by atoms with E-state index in [-0.39, 0.29) is 11.6 Å². The van der Waals surface area contributed by atoms with Gasteiger partial charge < -0.3 is 10.0 Å². The van der Waals surface area contributed by atoms with E-state index in [0.717, 1.165) is 11.1 Å². The van der Waals surface area contributed by atoms with Crippen molar-refractivity contribution in [2.45, 2.75) is 26.1 Å². The van der Waals surface area contributed by atoms with Crippen LogP contribution in [0.25, 0.3) is 0 Å². The van der Waals surface area contributed by atoms with Crippen LogP contribution >= 0.6 is 0 Å². The first-order valence-corrected chi connectivity index (χ1v) is 8.69. The Morgan fingerprint density at radius 2 is 1.48 bits per heavy atom. The van der Waals surface area contributed by atoms with E-state index in [9.17, 15) is 14.7 Å². The molecule has 3 rings (SSSR count). The number of nitrogens with zero attached hydrogens (tertiary/aromatic N) is 3. The standard InChI is InChI=1S/C21H21N3O3/c1-16(24-19(21(26)27)12-13-22-24)20(25)23(14-17-8-4-2-5-9-17)15-18-10-6-3-7-11-18/h2-13,16H,14-15H2,1H3,(H,26,27). The Bertz CT molecular complexity index is 865. The van der Waals surface area contributed by atoms with E-state index in [2.05, 4.69) is 5.10 Å². The maximum atomic E-state index is 13.2. The molecule has 1 N–H and O–H groups in total. The summed E-state index contributed by atoms with van der Waals surface area (Å²) in [6.45, 7) is 2.54. The molecule has 3 aromatic rings. The van der Waals surface area contributed by atoms with Gasteiger partial charge in [0.15, 0.2) is 0 Å². The van der Waals surface area contributed by atoms with E-state index in [1.807, 2.05) is 60.7 Å². The fraction of sp³-hybridized carbons (Fsp3) is 0.190. The van der Waals surface area contributed by atoms with Crippen molar-refractivity contribution in [2.24, 2.45) is 0 Å². The molecule has 0 aliphatic rings. The number of aromatic nitrogens is 2. The number of aromatic carboxylic acids is 1. The molecule has 6 nitrogen and oxygen atoms in total. The minimum absolute atomic E-state index is 0.00442. The lowest BCUT2D eigenvalue weighted by atomic mass is 10.1. The summed E-state index contributed by atoms with van der Waals surface area (Å²) >= 11 is 0. The molecule has 1 heterocycles. The molecule has 6 heteroatoms. The molecule has 0 radical (unpaired) electrons. The van der Waals surface area contributed by atoms with Gasteiger partial charge in [0.25, 0.3) is 0 Å². The number of carbonyl (C=O) groups excluding carboxylic acids is 1. The molecule has 1 unspecified atom stereocenters. The van der Waals surface area contributed by atoms with E-state index in [4.69, 9.17) is 0 Å². The predicted octanol–water partition coefficient (Wildman–Crippen LogP) is 3.37. The summed E-state index contributed by atoms with van der Waals surface area (Å²) in [6, 6.07) is 20.1. The smallest absolute Gasteiger partial charge is 0.354 e. The van der Waals surface area contributed by atoms with Gasteiger partial charge in [0.1, 0.15) is 11.7 Å². The van der Waals surface area contributed by atoms with Crippen molar-refractivity contribution in [3.05, 3.63) is 89.7 Å². The Kier molecular flexibility index (Phi) is 5.66. The van der Waals surface area contributed by atoms with Crippen LogP contribution in [0, 0.1) is 0 Å². The van der Waals surface area contributed by atoms with Gasteiger partial charge in [-0.2, -0.15) is 5.10 Å². The van der Waals surface area contributed by atoms with Crippen LogP contribution in [0.2, 0.25) is 0 Å². The molecule has 0 spiro atoms. The minimum atomic E-state index is -1.11. The summed E-state index contributed by atoms with van der Waals surface area (Å²) in [5.74, 6) is -1.29. The third kappa shape index (κ3) is 4.41. The summed E-state index contributed by atoms with van der Waals surface area (Å²) in [5.41, 5.74) is 2.01. The molecule has 1 atom stereocenters. The van der Waals surface area contributed by atoms with Crippen LogP contribution in [0.15, 0.2) is 72.9 Å². The van der Waals surface area contributed by atoms with Crippen molar-refractivity contribution in [3.8, 4) is 0 Å². The number of benzene rings is 2. The Morgan fingerprint density at radius 1 is 0.963 bits per heavy atom. The molecule has 0 bridgehead atoms. The first-order chi connectivity index (χ1) is 13.1. The highest BCUT2D eigenvalue weighted by atomic mass is 16.4. The third-order valence-corrected chi connectivity index (χ3v) is 4.36. The summed E-state index contributed by atoms with van der Waals surface area (Å²) in [4.78, 5) is 26.3. The van der Waals surface area contributed by atoms with Gasteiger partial charge in [-0.15, -0.1) is 0 Å². The number of amides is 1. The van der Waals surface area contributed by atoms with Gasteiger partial charge in [-0.1, -0.05) is 60.7 Å². The highest BCUT2D eigenvalue weighted by Crippen LogP contribution is 2.18. The molecular formula is C21H21N3O3. The van der Waals surface area contributed by atoms with Crippen molar-refractivity contribution in [3.63, 3.8) is 0 Å². The third-order valence-electron chi connectivity index (χ3n) is 4.36. The lowest BCUT2D eigenvalue weighted by Gasteiger charge is -2.26. The van der Waals surface area contributed by atoms with Crippen molar-refractivity contribution in [2.75, 3.05) is 0 Å². The normalized spacial score (nSPS) is 11.7. The van der Waals surface area contributed by atoms with E-state index >= 15 is 0 Å². The van der Waals surface area contributed by atoms with Gasteiger partial charge in [-0.05, 0) is 24.1 Å². The molecule has 2 aromatic carbocycles. The molecule has 138 valence electrons. The molecule has 27 heavy (non-hydrogen) atoms. The Balaban J connectivity index is 1.87. The summed E-state index contributed by atoms with van der Waals surface area (Å²) < 4.78 is 1.26. The number of carboxylic acid groups (broad SMARTS) is 1. The fourth-order valence-corrected chi connectivity index (χ4v) is 2.98. The number of hydrogen-bond acceptors (Lipinski definition) is 3. The lowest BCUT2D eigenvalue weighted by molar-refractivity contribution is -0.135. The van der Waals surface area contributed by atoms with E-state index in [1.165, 1.54) is 16.9 Å². The fourth-order valence-electron chi connectivity index (χ4n) is 2.98. The van der Waals surface area contributed by atoms with Gasteiger partial charge in [0.05, 0.1) is 0 Å². The summed E-state index contributed by atoms with van der Waals surface area (Å²) in [5, 5.41) is 13.4. The van der Waals surface area contributed by atoms with E-state index in [0.29, 0.717) is 13.1 Å². The SMILES string of the molecule is CC(C(=O)N(Cc1ccccc1)Cc1ccccc1)n1nccc1C(=O)O. The maximum absolute atomic E-state index is 13.2. The topological polar surface area (TPSA) is 75.4 Å². The number of hydrogen-bond donors (Lipinski definition) is 1. The molecular weight excluding hydrogens is 342 g/mol. The zero-order valence-corrected chi connectivity index (χ0v) is 15.0. The zero-order chi connectivity index (χ0) is 19.2. The van der Waals surface area contributed by atoms with Crippen molar-refractivity contribution in [1.82, 2.24) is 14.7 Å². The molecule has 0 saturated heterocycles. The van der Waals surface area contributed by atoms with Crippen LogP contribution in [-0.4, -0.2) is 31.7 Å². The van der Waals surface area contributed by atoms with Gasteiger partial charge in [-0.25, -0.2) is 9.48 Å². The predicted molar refractivity (Wildman–Crippen MR) is 101 cm³/mol. The Labute approximate surface area is 157 Å². The zero-order valence-electron chi connectivity index (χ0n) is 15.0. The minimum Gasteiger partial charge on any atom is -0.477 e. The monoisotopic (exact) mass is 363 g/mol. The largest absolute Gasteiger partial charge is 0.477 e. The highest BCUT2D eigenvalue weighted by molar-refractivity contribution is 5.87. The van der Waals surface area contributed by atoms with Crippen LogP contribution in [-0.2, 0) is 17.9 Å². The van der Waals surface area contributed by atoms with Gasteiger partial charge in [0.2, 0.25) is 5.91 Å². The maximum Gasteiger partial charge on any atom is 0.354 e. The van der Waals surface area contributed by atoms with E-state index in [1.54, 1.807) is 11.8 Å². The average Bonchev–Trinajstić information content (AvgIpc) is 3.18. The molecule has 0 saturated carbocycles. The first kappa shape index (κ1) is 18.4. The molecule has 1 amide bonds. The first-order valence-electron chi connectivity index (χ1n) is 8.69. The van der Waals surface area contributed by atoms with Crippen molar-refractivity contribution >= 4 is 11.9 Å². The Hall–Kier alpha value is -3.41. The van der Waals surface area contributed by atoms with Crippen molar-refractivity contribution < 1.29 is 14.7 Å². The molecule has 0 aliphatic heterocycles. The van der Waals surface area contributed by atoms with Crippen LogP contribution in [0.4, 0.5) is 0 Å². The molecule has 1 aromatic heterocycles. The average molecular weight is 363 g/mol. The Morgan fingerprint density at radius 3 is 1.96 bits per heavy atom. The van der Waals surface area contributed by atoms with Crippen LogP contribution in [0.5, 0.6) is 0 Å².